The van der Waals surface area contributed by atoms with Crippen molar-refractivity contribution in [2.24, 2.45) is 5.73 Å². The van der Waals surface area contributed by atoms with Gasteiger partial charge < -0.3 is 11.1 Å². The lowest BCUT2D eigenvalue weighted by molar-refractivity contribution is 0.344. The lowest BCUT2D eigenvalue weighted by Gasteiger charge is -2.32. The number of hydrogen-bond donors (Lipinski definition) is 2. The molecule has 0 saturated heterocycles. The summed E-state index contributed by atoms with van der Waals surface area (Å²) in [4.78, 5) is 9.63. The van der Waals surface area contributed by atoms with E-state index in [9.17, 15) is 0 Å². The zero-order valence-corrected chi connectivity index (χ0v) is 15.3. The number of nitrogens with one attached hydrogen (secondary N) is 1. The smallest absolute Gasteiger partial charge is 0.134 e. The highest BCUT2D eigenvalue weighted by atomic mass is 15.3. The fraction of sp³-hybridized carbons (Fsp3) is 0.381. The van der Waals surface area contributed by atoms with Gasteiger partial charge in [-0.2, -0.15) is 5.10 Å². The normalized spacial score (nSPS) is 21.7. The standard InChI is InChI=1S/C21H24N6/c22-17-10-16(11-17)18-12-20(26-21(25-18)14-6-7-14)23-13-15-4-1-2-5-19(15)27-9-3-8-24-27/h1-5,8-9,12,14,16-17H,6-7,10-11,13,22H2,(H,23,25,26). The van der Waals surface area contributed by atoms with Gasteiger partial charge in [0.05, 0.1) is 5.69 Å². The molecular formula is C21H24N6. The first-order valence-corrected chi connectivity index (χ1v) is 9.72. The second kappa shape index (κ2) is 6.78. The number of aromatic nitrogens is 4. The van der Waals surface area contributed by atoms with Crippen molar-refractivity contribution in [3.05, 3.63) is 65.9 Å². The van der Waals surface area contributed by atoms with Gasteiger partial charge in [-0.25, -0.2) is 14.6 Å². The molecule has 138 valence electrons. The fourth-order valence-corrected chi connectivity index (χ4v) is 3.69. The maximum atomic E-state index is 5.98. The van der Waals surface area contributed by atoms with Gasteiger partial charge in [0.25, 0.3) is 0 Å². The van der Waals surface area contributed by atoms with Crippen LogP contribution in [0.5, 0.6) is 0 Å². The summed E-state index contributed by atoms with van der Waals surface area (Å²) in [7, 11) is 0. The molecule has 0 atom stereocenters. The average molecular weight is 360 g/mol. The summed E-state index contributed by atoms with van der Waals surface area (Å²) in [5, 5.41) is 7.88. The Hall–Kier alpha value is -2.73. The van der Waals surface area contributed by atoms with Gasteiger partial charge in [-0.1, -0.05) is 18.2 Å². The van der Waals surface area contributed by atoms with Crippen LogP contribution in [0.15, 0.2) is 48.8 Å². The summed E-state index contributed by atoms with van der Waals surface area (Å²) in [6.07, 6.45) is 8.23. The molecule has 0 spiro atoms. The van der Waals surface area contributed by atoms with E-state index in [4.69, 9.17) is 15.7 Å². The third kappa shape index (κ3) is 3.45. The van der Waals surface area contributed by atoms with Crippen molar-refractivity contribution >= 4 is 5.82 Å². The number of rotatable bonds is 6. The summed E-state index contributed by atoms with van der Waals surface area (Å²) >= 11 is 0. The number of nitrogens with two attached hydrogens (primary N) is 1. The molecule has 0 unspecified atom stereocenters. The van der Waals surface area contributed by atoms with Crippen LogP contribution in [0.25, 0.3) is 5.69 Å². The zero-order chi connectivity index (χ0) is 18.2. The van der Waals surface area contributed by atoms with Gasteiger partial charge in [0, 0.05) is 48.6 Å². The van der Waals surface area contributed by atoms with Crippen LogP contribution in [-0.2, 0) is 6.54 Å². The molecule has 6 heteroatoms. The van der Waals surface area contributed by atoms with E-state index in [1.165, 1.54) is 18.4 Å². The quantitative estimate of drug-likeness (QED) is 0.704. The van der Waals surface area contributed by atoms with E-state index in [1.807, 2.05) is 23.0 Å². The van der Waals surface area contributed by atoms with E-state index in [0.717, 1.165) is 35.9 Å². The largest absolute Gasteiger partial charge is 0.366 e. The summed E-state index contributed by atoms with van der Waals surface area (Å²) in [5.74, 6) is 2.93. The highest BCUT2D eigenvalue weighted by Crippen LogP contribution is 2.41. The molecule has 2 fully saturated rings. The van der Waals surface area contributed by atoms with Crippen LogP contribution in [0.2, 0.25) is 0 Å². The van der Waals surface area contributed by atoms with Crippen molar-refractivity contribution in [1.29, 1.82) is 0 Å². The van der Waals surface area contributed by atoms with Gasteiger partial charge in [-0.15, -0.1) is 0 Å². The Balaban J connectivity index is 1.38. The molecule has 0 amide bonds. The van der Waals surface area contributed by atoms with E-state index in [0.29, 0.717) is 24.4 Å². The van der Waals surface area contributed by atoms with Crippen LogP contribution in [-0.4, -0.2) is 25.8 Å². The van der Waals surface area contributed by atoms with Crippen molar-refractivity contribution in [1.82, 2.24) is 19.7 Å². The lowest BCUT2D eigenvalue weighted by atomic mass is 9.78. The van der Waals surface area contributed by atoms with Gasteiger partial charge in [0.2, 0.25) is 0 Å². The molecular weight excluding hydrogens is 336 g/mol. The molecule has 3 aromatic rings. The maximum Gasteiger partial charge on any atom is 0.134 e. The van der Waals surface area contributed by atoms with E-state index in [-0.39, 0.29) is 0 Å². The highest BCUT2D eigenvalue weighted by molar-refractivity contribution is 5.45. The third-order valence-corrected chi connectivity index (χ3v) is 5.50. The van der Waals surface area contributed by atoms with Crippen LogP contribution in [0.1, 0.15) is 54.6 Å². The fourth-order valence-electron chi connectivity index (χ4n) is 3.69. The van der Waals surface area contributed by atoms with Gasteiger partial charge >= 0.3 is 0 Å². The minimum absolute atomic E-state index is 0.326. The number of para-hydroxylation sites is 1. The maximum absolute atomic E-state index is 5.98. The van der Waals surface area contributed by atoms with Gasteiger partial charge in [-0.05, 0) is 43.4 Å². The predicted octanol–water partition coefficient (Wildman–Crippen LogP) is 3.36. The Morgan fingerprint density at radius 1 is 1.07 bits per heavy atom. The number of benzene rings is 1. The minimum Gasteiger partial charge on any atom is -0.366 e. The van der Waals surface area contributed by atoms with Gasteiger partial charge in [0.15, 0.2) is 0 Å². The highest BCUT2D eigenvalue weighted by Gasteiger charge is 2.32. The van der Waals surface area contributed by atoms with E-state index in [1.54, 1.807) is 6.20 Å². The molecule has 27 heavy (non-hydrogen) atoms. The van der Waals surface area contributed by atoms with Crippen LogP contribution < -0.4 is 11.1 Å². The van der Waals surface area contributed by atoms with Crippen LogP contribution in [0.3, 0.4) is 0 Å². The van der Waals surface area contributed by atoms with Crippen molar-refractivity contribution in [3.8, 4) is 5.69 Å². The number of hydrogen-bond acceptors (Lipinski definition) is 5. The first-order valence-electron chi connectivity index (χ1n) is 9.72. The third-order valence-electron chi connectivity index (χ3n) is 5.50. The summed E-state index contributed by atoms with van der Waals surface area (Å²) in [6, 6.07) is 12.7. The van der Waals surface area contributed by atoms with E-state index >= 15 is 0 Å². The monoisotopic (exact) mass is 360 g/mol. The lowest BCUT2D eigenvalue weighted by Crippen LogP contribution is -2.35. The number of anilines is 1. The Kier molecular flexibility index (Phi) is 4.13. The molecule has 0 aliphatic heterocycles. The molecule has 5 rings (SSSR count). The second-order valence-electron chi connectivity index (χ2n) is 7.67. The molecule has 3 N–H and O–H groups in total. The van der Waals surface area contributed by atoms with E-state index < -0.39 is 0 Å². The first-order chi connectivity index (χ1) is 13.3. The van der Waals surface area contributed by atoms with Crippen LogP contribution in [0, 0.1) is 0 Å². The molecule has 2 aliphatic rings. The molecule has 0 radical (unpaired) electrons. The Morgan fingerprint density at radius 2 is 1.93 bits per heavy atom. The average Bonchev–Trinajstić information content (AvgIpc) is 3.38. The van der Waals surface area contributed by atoms with Crippen molar-refractivity contribution < 1.29 is 0 Å². The zero-order valence-electron chi connectivity index (χ0n) is 15.3. The minimum atomic E-state index is 0.326. The summed E-state index contributed by atoms with van der Waals surface area (Å²) in [5.41, 5.74) is 9.40. The van der Waals surface area contributed by atoms with Crippen molar-refractivity contribution in [2.45, 2.75) is 50.1 Å². The van der Waals surface area contributed by atoms with Gasteiger partial charge in [0.1, 0.15) is 11.6 Å². The summed E-state index contributed by atoms with van der Waals surface area (Å²) in [6.45, 7) is 0.695. The first kappa shape index (κ1) is 16.4. The van der Waals surface area contributed by atoms with Crippen LogP contribution in [0.4, 0.5) is 5.82 Å². The predicted molar refractivity (Wildman–Crippen MR) is 105 cm³/mol. The molecule has 2 heterocycles. The van der Waals surface area contributed by atoms with Crippen molar-refractivity contribution in [2.75, 3.05) is 5.32 Å². The molecule has 0 bridgehead atoms. The topological polar surface area (TPSA) is 81.6 Å². The second-order valence-corrected chi connectivity index (χ2v) is 7.67. The summed E-state index contributed by atoms with van der Waals surface area (Å²) < 4.78 is 1.90. The molecule has 2 aliphatic carbocycles. The molecule has 6 nitrogen and oxygen atoms in total. The Morgan fingerprint density at radius 3 is 2.67 bits per heavy atom. The molecule has 2 aromatic heterocycles. The van der Waals surface area contributed by atoms with E-state index in [2.05, 4.69) is 34.7 Å². The number of nitrogens with zero attached hydrogens (tertiary/aromatic N) is 4. The Bertz CT molecular complexity index is 926. The van der Waals surface area contributed by atoms with Crippen LogP contribution >= 0.6 is 0 Å². The van der Waals surface area contributed by atoms with Gasteiger partial charge in [-0.3, -0.25) is 0 Å². The molecule has 2 saturated carbocycles. The molecule has 1 aromatic carbocycles. The SMILES string of the molecule is NC1CC(c2cc(NCc3ccccc3-n3cccn3)nc(C3CC3)n2)C1. The Labute approximate surface area is 158 Å². The van der Waals surface area contributed by atoms with Crippen molar-refractivity contribution in [3.63, 3.8) is 0 Å².